The van der Waals surface area contributed by atoms with E-state index in [-0.39, 0.29) is 17.6 Å². The third-order valence-electron chi connectivity index (χ3n) is 2.63. The van der Waals surface area contributed by atoms with Gasteiger partial charge >= 0.3 is 5.88 Å². The van der Waals surface area contributed by atoms with Gasteiger partial charge < -0.3 is 9.73 Å². The molecule has 0 aliphatic heterocycles. The Hall–Kier alpha value is -2.16. The first-order valence-electron chi connectivity index (χ1n) is 5.95. The molecular formula is C14H11IN2O4. The molecule has 1 aromatic carbocycles. The minimum absolute atomic E-state index is 0.246. The van der Waals surface area contributed by atoms with E-state index in [1.807, 2.05) is 19.1 Å². The molecule has 0 radical (unpaired) electrons. The molecule has 0 aliphatic rings. The Morgan fingerprint density at radius 3 is 2.76 bits per heavy atom. The summed E-state index contributed by atoms with van der Waals surface area (Å²) in [5.74, 6) is -0.452. The average molecular weight is 398 g/mol. The van der Waals surface area contributed by atoms with Crippen LogP contribution in [0.4, 0.5) is 11.6 Å². The number of nitro groups is 1. The minimum Gasteiger partial charge on any atom is -0.401 e. The molecule has 1 amide bonds. The standard InChI is InChI=1S/C14H11IN2O4/c1-9-2-3-10(8-12(9)15)16-13(18)6-4-11-5-7-14(21-11)17(19)20/h2-8H,1H3,(H,16,18)/b6-4+. The van der Waals surface area contributed by atoms with Crippen LogP contribution in [0.2, 0.25) is 0 Å². The summed E-state index contributed by atoms with van der Waals surface area (Å²) in [5, 5.41) is 13.2. The quantitative estimate of drug-likeness (QED) is 0.368. The highest BCUT2D eigenvalue weighted by atomic mass is 127. The van der Waals surface area contributed by atoms with Crippen LogP contribution in [0.25, 0.3) is 6.08 Å². The molecular weight excluding hydrogens is 387 g/mol. The molecule has 0 spiro atoms. The summed E-state index contributed by atoms with van der Waals surface area (Å²) in [6, 6.07) is 8.24. The lowest BCUT2D eigenvalue weighted by Crippen LogP contribution is -2.07. The summed E-state index contributed by atoms with van der Waals surface area (Å²) >= 11 is 2.19. The van der Waals surface area contributed by atoms with Crippen molar-refractivity contribution in [3.8, 4) is 0 Å². The molecule has 21 heavy (non-hydrogen) atoms. The fourth-order valence-electron chi connectivity index (χ4n) is 1.54. The van der Waals surface area contributed by atoms with Gasteiger partial charge in [0.15, 0.2) is 0 Å². The van der Waals surface area contributed by atoms with Crippen LogP contribution >= 0.6 is 22.6 Å². The molecule has 2 rings (SSSR count). The van der Waals surface area contributed by atoms with Gasteiger partial charge in [0.25, 0.3) is 0 Å². The molecule has 7 heteroatoms. The van der Waals surface area contributed by atoms with E-state index in [9.17, 15) is 14.9 Å². The highest BCUT2D eigenvalue weighted by molar-refractivity contribution is 14.1. The van der Waals surface area contributed by atoms with E-state index in [1.54, 1.807) is 6.07 Å². The summed E-state index contributed by atoms with van der Waals surface area (Å²) in [4.78, 5) is 21.6. The van der Waals surface area contributed by atoms with Crippen LogP contribution in [-0.4, -0.2) is 10.8 Å². The Kier molecular flexibility index (Phi) is 4.73. The van der Waals surface area contributed by atoms with E-state index in [2.05, 4.69) is 27.9 Å². The third kappa shape index (κ3) is 4.15. The SMILES string of the molecule is Cc1ccc(NC(=O)/C=C/c2ccc([N+](=O)[O-])o2)cc1I. The average Bonchev–Trinajstić information content (AvgIpc) is 2.90. The molecule has 0 saturated carbocycles. The van der Waals surface area contributed by atoms with E-state index in [0.29, 0.717) is 5.69 Å². The van der Waals surface area contributed by atoms with Gasteiger partial charge in [-0.05, 0) is 59.4 Å². The first-order chi connectivity index (χ1) is 9.95. The highest BCUT2D eigenvalue weighted by Crippen LogP contribution is 2.18. The topological polar surface area (TPSA) is 85.4 Å². The summed E-state index contributed by atoms with van der Waals surface area (Å²) < 4.78 is 5.97. The number of hydrogen-bond acceptors (Lipinski definition) is 4. The van der Waals surface area contributed by atoms with Gasteiger partial charge in [-0.25, -0.2) is 0 Å². The molecule has 0 atom stereocenters. The van der Waals surface area contributed by atoms with Gasteiger partial charge in [-0.3, -0.25) is 14.9 Å². The largest absolute Gasteiger partial charge is 0.433 e. The summed E-state index contributed by atoms with van der Waals surface area (Å²) in [5.41, 5.74) is 1.82. The molecule has 1 heterocycles. The van der Waals surface area contributed by atoms with Gasteiger partial charge in [-0.1, -0.05) is 6.07 Å². The van der Waals surface area contributed by atoms with Crippen molar-refractivity contribution in [1.29, 1.82) is 0 Å². The maximum atomic E-state index is 11.7. The Morgan fingerprint density at radius 1 is 1.38 bits per heavy atom. The number of aryl methyl sites for hydroxylation is 1. The summed E-state index contributed by atoms with van der Waals surface area (Å²) in [6.07, 6.45) is 2.64. The molecule has 2 aromatic rings. The van der Waals surface area contributed by atoms with E-state index in [1.165, 1.54) is 24.3 Å². The maximum Gasteiger partial charge on any atom is 0.433 e. The number of halogens is 1. The zero-order valence-electron chi connectivity index (χ0n) is 11.0. The van der Waals surface area contributed by atoms with Crippen molar-refractivity contribution in [3.63, 3.8) is 0 Å². The first kappa shape index (κ1) is 15.2. The van der Waals surface area contributed by atoms with E-state index in [0.717, 1.165) is 9.13 Å². The number of furan rings is 1. The molecule has 1 N–H and O–H groups in total. The number of nitrogens with one attached hydrogen (secondary N) is 1. The van der Waals surface area contributed by atoms with Crippen LogP contribution in [0.15, 0.2) is 40.8 Å². The van der Waals surface area contributed by atoms with Gasteiger partial charge in [-0.2, -0.15) is 0 Å². The number of nitrogens with zero attached hydrogens (tertiary/aromatic N) is 1. The minimum atomic E-state index is -0.633. The van der Waals surface area contributed by atoms with Gasteiger partial charge in [0, 0.05) is 15.3 Å². The number of carbonyl (C=O) groups excluding carboxylic acids is 1. The molecule has 0 aliphatic carbocycles. The fraction of sp³-hybridized carbons (Fsp3) is 0.0714. The highest BCUT2D eigenvalue weighted by Gasteiger charge is 2.10. The Balaban J connectivity index is 2.01. The number of benzene rings is 1. The predicted molar refractivity (Wildman–Crippen MR) is 86.9 cm³/mol. The van der Waals surface area contributed by atoms with Crippen molar-refractivity contribution >= 4 is 46.1 Å². The molecule has 1 aromatic heterocycles. The summed E-state index contributed by atoms with van der Waals surface area (Å²) in [7, 11) is 0. The normalized spacial score (nSPS) is 10.8. The third-order valence-corrected chi connectivity index (χ3v) is 3.79. The number of anilines is 1. The van der Waals surface area contributed by atoms with Gasteiger partial charge in [0.2, 0.25) is 5.91 Å². The number of amides is 1. The van der Waals surface area contributed by atoms with Crippen molar-refractivity contribution in [2.45, 2.75) is 6.92 Å². The molecule has 0 saturated heterocycles. The number of carbonyl (C=O) groups is 1. The molecule has 108 valence electrons. The molecule has 0 unspecified atom stereocenters. The van der Waals surface area contributed by atoms with Crippen LogP contribution < -0.4 is 5.32 Å². The second-order valence-corrected chi connectivity index (χ2v) is 5.38. The molecule has 0 fully saturated rings. The van der Waals surface area contributed by atoms with Gasteiger partial charge in [0.05, 0.1) is 6.07 Å². The van der Waals surface area contributed by atoms with Crippen LogP contribution in [-0.2, 0) is 4.79 Å². The molecule has 6 nitrogen and oxygen atoms in total. The van der Waals surface area contributed by atoms with Crippen LogP contribution in [0.1, 0.15) is 11.3 Å². The van der Waals surface area contributed by atoms with E-state index >= 15 is 0 Å². The van der Waals surface area contributed by atoms with Crippen LogP contribution in [0.3, 0.4) is 0 Å². The van der Waals surface area contributed by atoms with Crippen LogP contribution in [0.5, 0.6) is 0 Å². The van der Waals surface area contributed by atoms with Crippen molar-refractivity contribution in [2.24, 2.45) is 0 Å². The Labute approximate surface area is 134 Å². The second kappa shape index (κ2) is 6.53. The number of rotatable bonds is 4. The lowest BCUT2D eigenvalue weighted by molar-refractivity contribution is -0.402. The van der Waals surface area contributed by atoms with Crippen molar-refractivity contribution in [2.75, 3.05) is 5.32 Å². The summed E-state index contributed by atoms with van der Waals surface area (Å²) in [6.45, 7) is 1.98. The van der Waals surface area contributed by atoms with Crippen LogP contribution in [0, 0.1) is 20.6 Å². The second-order valence-electron chi connectivity index (χ2n) is 4.22. The van der Waals surface area contributed by atoms with Gasteiger partial charge in [-0.15, -0.1) is 0 Å². The zero-order valence-corrected chi connectivity index (χ0v) is 13.2. The maximum absolute atomic E-state index is 11.7. The van der Waals surface area contributed by atoms with Crippen molar-refractivity contribution < 1.29 is 14.1 Å². The Morgan fingerprint density at radius 2 is 2.14 bits per heavy atom. The predicted octanol–water partition coefficient (Wildman–Crippen LogP) is 3.75. The van der Waals surface area contributed by atoms with Crippen molar-refractivity contribution in [1.82, 2.24) is 0 Å². The number of hydrogen-bond donors (Lipinski definition) is 1. The smallest absolute Gasteiger partial charge is 0.401 e. The van der Waals surface area contributed by atoms with E-state index < -0.39 is 4.92 Å². The van der Waals surface area contributed by atoms with Crippen molar-refractivity contribution in [3.05, 3.63) is 61.4 Å². The molecule has 0 bridgehead atoms. The van der Waals surface area contributed by atoms with Gasteiger partial charge in [0.1, 0.15) is 10.7 Å². The van der Waals surface area contributed by atoms with E-state index in [4.69, 9.17) is 4.42 Å². The lowest BCUT2D eigenvalue weighted by Gasteiger charge is -2.04. The lowest BCUT2D eigenvalue weighted by atomic mass is 10.2. The monoisotopic (exact) mass is 398 g/mol. The Bertz CT molecular complexity index is 722. The first-order valence-corrected chi connectivity index (χ1v) is 7.03. The zero-order chi connectivity index (χ0) is 15.4. The fourth-order valence-corrected chi connectivity index (χ4v) is 2.06.